The standard InChI is InChI=1S/C18H21N3O5S/c1-13(17(22)20(2)16-8-11-27(24,25)12-16)26-18(23)14-4-6-15(7-5-14)21-10-3-9-19-21/h3-7,9-10,13,16H,8,11-12H2,1-2H3/t13-,16-/m0/s1. The Hall–Kier alpha value is -2.68. The molecule has 0 radical (unpaired) electrons. The van der Waals surface area contributed by atoms with Crippen LogP contribution in [0, 0.1) is 0 Å². The van der Waals surface area contributed by atoms with Crippen molar-refractivity contribution in [3.05, 3.63) is 48.3 Å². The molecule has 8 nitrogen and oxygen atoms in total. The quantitative estimate of drug-likeness (QED) is 0.707. The summed E-state index contributed by atoms with van der Waals surface area (Å²) < 4.78 is 30.1. The highest BCUT2D eigenvalue weighted by molar-refractivity contribution is 7.91. The predicted octanol–water partition coefficient (Wildman–Crippen LogP) is 1.06. The Morgan fingerprint density at radius 1 is 1.30 bits per heavy atom. The number of esters is 1. The van der Waals surface area contributed by atoms with Crippen LogP contribution in [-0.2, 0) is 19.4 Å². The van der Waals surface area contributed by atoms with Crippen LogP contribution >= 0.6 is 0 Å². The Bertz CT molecular complexity index is 922. The maximum Gasteiger partial charge on any atom is 0.338 e. The fourth-order valence-corrected chi connectivity index (χ4v) is 4.77. The molecule has 0 saturated carbocycles. The van der Waals surface area contributed by atoms with Crippen molar-refractivity contribution in [1.82, 2.24) is 14.7 Å². The molecule has 2 atom stereocenters. The van der Waals surface area contributed by atoms with Gasteiger partial charge in [-0.15, -0.1) is 0 Å². The second kappa shape index (κ2) is 7.51. The number of hydrogen-bond acceptors (Lipinski definition) is 6. The summed E-state index contributed by atoms with van der Waals surface area (Å²) in [5.74, 6) is -1.01. The summed E-state index contributed by atoms with van der Waals surface area (Å²) in [6, 6.07) is 8.07. The molecule has 2 heterocycles. The van der Waals surface area contributed by atoms with Gasteiger partial charge in [0.05, 0.1) is 22.8 Å². The number of sulfone groups is 1. The highest BCUT2D eigenvalue weighted by atomic mass is 32.2. The first-order valence-corrected chi connectivity index (χ1v) is 10.4. The Kier molecular flexibility index (Phi) is 5.31. The Morgan fingerprint density at radius 2 is 2.00 bits per heavy atom. The number of benzene rings is 1. The number of aromatic nitrogens is 2. The van der Waals surface area contributed by atoms with E-state index in [2.05, 4.69) is 5.10 Å². The molecule has 1 saturated heterocycles. The summed E-state index contributed by atoms with van der Waals surface area (Å²) in [4.78, 5) is 26.1. The highest BCUT2D eigenvalue weighted by Crippen LogP contribution is 2.18. The molecule has 1 aromatic carbocycles. The average molecular weight is 391 g/mol. The number of ether oxygens (including phenoxy) is 1. The molecule has 9 heteroatoms. The van der Waals surface area contributed by atoms with E-state index in [0.29, 0.717) is 12.0 Å². The zero-order valence-electron chi connectivity index (χ0n) is 15.1. The molecule has 3 rings (SSSR count). The summed E-state index contributed by atoms with van der Waals surface area (Å²) in [7, 11) is -1.56. The van der Waals surface area contributed by atoms with Gasteiger partial charge >= 0.3 is 5.97 Å². The van der Waals surface area contributed by atoms with Gasteiger partial charge in [0.1, 0.15) is 0 Å². The van der Waals surface area contributed by atoms with E-state index in [9.17, 15) is 18.0 Å². The topological polar surface area (TPSA) is 98.6 Å². The van der Waals surface area contributed by atoms with Gasteiger partial charge in [-0.05, 0) is 43.7 Å². The number of carbonyl (C=O) groups excluding carboxylic acids is 2. The third kappa shape index (κ3) is 4.36. The Morgan fingerprint density at radius 3 is 2.56 bits per heavy atom. The van der Waals surface area contributed by atoms with Crippen LogP contribution in [0.4, 0.5) is 0 Å². The van der Waals surface area contributed by atoms with Gasteiger partial charge in [0, 0.05) is 25.5 Å². The minimum Gasteiger partial charge on any atom is -0.449 e. The molecular formula is C18H21N3O5S. The fourth-order valence-electron chi connectivity index (χ4n) is 3.00. The molecule has 1 amide bonds. The van der Waals surface area contributed by atoms with Crippen molar-refractivity contribution in [2.75, 3.05) is 18.6 Å². The first kappa shape index (κ1) is 19.1. The summed E-state index contributed by atoms with van der Waals surface area (Å²) in [6.07, 6.45) is 2.84. The van der Waals surface area contributed by atoms with Crippen LogP contribution in [0.1, 0.15) is 23.7 Å². The molecule has 0 spiro atoms. The van der Waals surface area contributed by atoms with Crippen LogP contribution in [0.15, 0.2) is 42.7 Å². The predicted molar refractivity (Wildman–Crippen MR) is 98.3 cm³/mol. The van der Waals surface area contributed by atoms with E-state index in [1.54, 1.807) is 47.4 Å². The van der Waals surface area contributed by atoms with Crippen LogP contribution in [0.25, 0.3) is 5.69 Å². The second-order valence-corrected chi connectivity index (χ2v) is 8.78. The van der Waals surface area contributed by atoms with Crippen LogP contribution in [-0.4, -0.2) is 65.7 Å². The highest BCUT2D eigenvalue weighted by Gasteiger charge is 2.35. The van der Waals surface area contributed by atoms with Gasteiger partial charge in [0.15, 0.2) is 15.9 Å². The molecule has 1 aliphatic heterocycles. The summed E-state index contributed by atoms with van der Waals surface area (Å²) >= 11 is 0. The Labute approximate surface area is 157 Å². The smallest absolute Gasteiger partial charge is 0.338 e. The van der Waals surface area contributed by atoms with Crippen molar-refractivity contribution < 1.29 is 22.7 Å². The van der Waals surface area contributed by atoms with E-state index in [4.69, 9.17) is 4.74 Å². The van der Waals surface area contributed by atoms with Gasteiger partial charge in [-0.2, -0.15) is 5.10 Å². The summed E-state index contributed by atoms with van der Waals surface area (Å²) in [6.45, 7) is 1.48. The van der Waals surface area contributed by atoms with Crippen LogP contribution in [0.2, 0.25) is 0 Å². The fraction of sp³-hybridized carbons (Fsp3) is 0.389. The van der Waals surface area contributed by atoms with Crippen molar-refractivity contribution in [3.8, 4) is 5.69 Å². The molecule has 27 heavy (non-hydrogen) atoms. The first-order valence-electron chi connectivity index (χ1n) is 8.55. The van der Waals surface area contributed by atoms with E-state index in [1.165, 1.54) is 18.9 Å². The SMILES string of the molecule is C[C@H](OC(=O)c1ccc(-n2cccn2)cc1)C(=O)N(C)[C@H]1CCS(=O)(=O)C1. The minimum atomic E-state index is -3.10. The number of nitrogens with zero attached hydrogens (tertiary/aromatic N) is 3. The number of likely N-dealkylation sites (N-methyl/N-ethyl adjacent to an activating group) is 1. The Balaban J connectivity index is 1.60. The number of amides is 1. The summed E-state index contributed by atoms with van der Waals surface area (Å²) in [5.41, 5.74) is 1.11. The molecule has 1 aromatic heterocycles. The minimum absolute atomic E-state index is 0.0508. The number of carbonyl (C=O) groups is 2. The van der Waals surface area contributed by atoms with E-state index < -0.39 is 27.8 Å². The van der Waals surface area contributed by atoms with Crippen molar-refractivity contribution in [2.24, 2.45) is 0 Å². The van der Waals surface area contributed by atoms with Gasteiger partial charge in [0.2, 0.25) is 0 Å². The van der Waals surface area contributed by atoms with Gasteiger partial charge in [-0.1, -0.05) is 0 Å². The van der Waals surface area contributed by atoms with Crippen LogP contribution in [0.3, 0.4) is 0 Å². The lowest BCUT2D eigenvalue weighted by Crippen LogP contribution is -2.44. The molecular weight excluding hydrogens is 370 g/mol. The molecule has 0 aliphatic carbocycles. The van der Waals surface area contributed by atoms with Gasteiger partial charge in [-0.3, -0.25) is 4.79 Å². The second-order valence-electron chi connectivity index (χ2n) is 6.55. The van der Waals surface area contributed by atoms with E-state index in [1.807, 2.05) is 0 Å². The maximum absolute atomic E-state index is 12.5. The molecule has 144 valence electrons. The van der Waals surface area contributed by atoms with Crippen molar-refractivity contribution in [3.63, 3.8) is 0 Å². The molecule has 0 N–H and O–H groups in total. The first-order chi connectivity index (χ1) is 12.8. The lowest BCUT2D eigenvalue weighted by atomic mass is 10.2. The molecule has 0 bridgehead atoms. The normalized spacial score (nSPS) is 19.4. The van der Waals surface area contributed by atoms with E-state index in [0.717, 1.165) is 5.69 Å². The van der Waals surface area contributed by atoms with Gasteiger partial charge in [-0.25, -0.2) is 17.9 Å². The molecule has 1 aliphatic rings. The molecule has 0 unspecified atom stereocenters. The summed E-state index contributed by atoms with van der Waals surface area (Å²) in [5, 5.41) is 4.11. The molecule has 1 fully saturated rings. The van der Waals surface area contributed by atoms with Gasteiger partial charge in [0.25, 0.3) is 5.91 Å². The number of rotatable bonds is 5. The lowest BCUT2D eigenvalue weighted by molar-refractivity contribution is -0.140. The third-order valence-corrected chi connectivity index (χ3v) is 6.36. The van der Waals surface area contributed by atoms with Crippen molar-refractivity contribution in [1.29, 1.82) is 0 Å². The zero-order valence-corrected chi connectivity index (χ0v) is 15.9. The third-order valence-electron chi connectivity index (χ3n) is 4.61. The van der Waals surface area contributed by atoms with Crippen molar-refractivity contribution in [2.45, 2.75) is 25.5 Å². The zero-order chi connectivity index (χ0) is 19.6. The van der Waals surface area contributed by atoms with Crippen LogP contribution in [0.5, 0.6) is 0 Å². The lowest BCUT2D eigenvalue weighted by Gasteiger charge is -2.26. The monoisotopic (exact) mass is 391 g/mol. The van der Waals surface area contributed by atoms with E-state index >= 15 is 0 Å². The maximum atomic E-state index is 12.5. The largest absolute Gasteiger partial charge is 0.449 e. The molecule has 2 aromatic rings. The van der Waals surface area contributed by atoms with Gasteiger partial charge < -0.3 is 9.64 Å². The van der Waals surface area contributed by atoms with Crippen LogP contribution < -0.4 is 0 Å². The average Bonchev–Trinajstić information content (AvgIpc) is 3.30. The number of hydrogen-bond donors (Lipinski definition) is 0. The van der Waals surface area contributed by atoms with E-state index in [-0.39, 0.29) is 17.5 Å². The van der Waals surface area contributed by atoms with Crippen molar-refractivity contribution >= 4 is 21.7 Å².